The molecule has 1 aromatic heterocycles. The van der Waals surface area contributed by atoms with E-state index in [1.807, 2.05) is 6.07 Å². The maximum Gasteiger partial charge on any atom is 0.254 e. The highest BCUT2D eigenvalue weighted by molar-refractivity contribution is 14.1. The molecule has 0 radical (unpaired) electrons. The number of fused-ring (bicyclic) bond motifs is 2. The van der Waals surface area contributed by atoms with Crippen LogP contribution < -0.4 is 5.32 Å². The molecule has 2 heterocycles. The average Bonchev–Trinajstić information content (AvgIpc) is 3.25. The van der Waals surface area contributed by atoms with Crippen LogP contribution in [0.3, 0.4) is 0 Å². The molecular weight excluding hydrogens is 457 g/mol. The van der Waals surface area contributed by atoms with Crippen LogP contribution in [-0.2, 0) is 10.2 Å². The van der Waals surface area contributed by atoms with Gasteiger partial charge in [0.25, 0.3) is 5.91 Å². The normalized spacial score (nSPS) is 23.7. The van der Waals surface area contributed by atoms with E-state index >= 15 is 0 Å². The molecule has 2 aliphatic rings. The average molecular weight is 470 g/mol. The lowest BCUT2D eigenvalue weighted by atomic mass is 9.86. The van der Waals surface area contributed by atoms with Crippen LogP contribution in [0, 0.1) is 9.39 Å². The van der Waals surface area contributed by atoms with Crippen molar-refractivity contribution in [3.63, 3.8) is 0 Å². The number of halogens is 3. The Labute approximate surface area is 161 Å². The van der Waals surface area contributed by atoms with Crippen LogP contribution in [0.15, 0.2) is 30.6 Å². The SMILES string of the molecule is O=C(CN1C[C@]2(C[C@H]2F)c2cc(I)ccc2C1=O)Nc1ncc(F)cn1. The summed E-state index contributed by atoms with van der Waals surface area (Å²) in [7, 11) is 0. The molecule has 2 aromatic rings. The zero-order valence-corrected chi connectivity index (χ0v) is 15.5. The van der Waals surface area contributed by atoms with Gasteiger partial charge in [0, 0.05) is 21.1 Å². The van der Waals surface area contributed by atoms with E-state index in [9.17, 15) is 18.4 Å². The highest BCUT2D eigenvalue weighted by Gasteiger charge is 2.61. The molecule has 4 rings (SSSR count). The van der Waals surface area contributed by atoms with Crippen LogP contribution in [0.25, 0.3) is 0 Å². The number of carbonyl (C=O) groups excluding carboxylic acids is 2. The lowest BCUT2D eigenvalue weighted by molar-refractivity contribution is -0.117. The number of anilines is 1. The zero-order valence-electron chi connectivity index (χ0n) is 13.4. The minimum atomic E-state index is -1.03. The van der Waals surface area contributed by atoms with Crippen molar-refractivity contribution in [3.8, 4) is 0 Å². The third-order valence-electron chi connectivity index (χ3n) is 4.70. The number of nitrogens with one attached hydrogen (secondary N) is 1. The monoisotopic (exact) mass is 470 g/mol. The highest BCUT2D eigenvalue weighted by Crippen LogP contribution is 2.54. The summed E-state index contributed by atoms with van der Waals surface area (Å²) in [6.07, 6.45) is 1.17. The summed E-state index contributed by atoms with van der Waals surface area (Å²) >= 11 is 2.13. The van der Waals surface area contributed by atoms with Gasteiger partial charge in [-0.1, -0.05) is 0 Å². The third kappa shape index (κ3) is 2.93. The Hall–Kier alpha value is -2.17. The van der Waals surface area contributed by atoms with Crippen LogP contribution in [0.1, 0.15) is 22.3 Å². The first-order valence-corrected chi connectivity index (χ1v) is 8.98. The Morgan fingerprint density at radius 3 is 2.73 bits per heavy atom. The van der Waals surface area contributed by atoms with Crippen LogP contribution in [0.5, 0.6) is 0 Å². The van der Waals surface area contributed by atoms with Gasteiger partial charge in [-0.25, -0.2) is 18.7 Å². The standard InChI is InChI=1S/C17H13F2IN4O2/c18-9-5-21-16(22-6-9)23-14(25)7-24-8-17(4-13(17)19)12-3-10(20)1-2-11(12)15(24)26/h1-3,5-6,13H,4,7-8H2,(H,21,22,23,25)/t13-,17-/m1/s1. The summed E-state index contributed by atoms with van der Waals surface area (Å²) in [5.41, 5.74) is 0.431. The minimum absolute atomic E-state index is 0.0553. The predicted molar refractivity (Wildman–Crippen MR) is 96.9 cm³/mol. The number of rotatable bonds is 3. The summed E-state index contributed by atoms with van der Waals surface area (Å²) in [5, 5.41) is 2.41. The molecule has 2 atom stereocenters. The van der Waals surface area contributed by atoms with E-state index in [2.05, 4.69) is 37.9 Å². The van der Waals surface area contributed by atoms with Gasteiger partial charge >= 0.3 is 0 Å². The van der Waals surface area contributed by atoms with Crippen LogP contribution in [0.2, 0.25) is 0 Å². The number of aromatic nitrogens is 2. The summed E-state index contributed by atoms with van der Waals surface area (Å²) in [5.74, 6) is -1.51. The van der Waals surface area contributed by atoms with Crippen molar-refractivity contribution in [1.29, 1.82) is 0 Å². The molecule has 1 aromatic carbocycles. The van der Waals surface area contributed by atoms with Crippen molar-refractivity contribution in [2.24, 2.45) is 0 Å². The Morgan fingerprint density at radius 1 is 1.38 bits per heavy atom. The molecule has 0 saturated heterocycles. The van der Waals surface area contributed by atoms with Crippen molar-refractivity contribution >= 4 is 40.4 Å². The molecule has 0 bridgehead atoms. The van der Waals surface area contributed by atoms with E-state index in [4.69, 9.17) is 0 Å². The third-order valence-corrected chi connectivity index (χ3v) is 5.37. The molecule has 6 nitrogen and oxygen atoms in total. The molecule has 1 saturated carbocycles. The summed E-state index contributed by atoms with van der Waals surface area (Å²) in [6, 6.07) is 5.31. The number of nitrogens with zero attached hydrogens (tertiary/aromatic N) is 3. The fraction of sp³-hybridized carbons (Fsp3) is 0.294. The molecule has 1 fully saturated rings. The van der Waals surface area contributed by atoms with E-state index < -0.39 is 23.3 Å². The number of carbonyl (C=O) groups is 2. The number of benzene rings is 1. The molecule has 26 heavy (non-hydrogen) atoms. The van der Waals surface area contributed by atoms with Crippen LogP contribution in [-0.4, -0.2) is 45.9 Å². The lowest BCUT2D eigenvalue weighted by Crippen LogP contribution is -2.47. The minimum Gasteiger partial charge on any atom is -0.328 e. The van der Waals surface area contributed by atoms with Gasteiger partial charge in [0.1, 0.15) is 12.7 Å². The summed E-state index contributed by atoms with van der Waals surface area (Å²) < 4.78 is 27.9. The first kappa shape index (κ1) is 17.3. The fourth-order valence-corrected chi connectivity index (χ4v) is 3.82. The Bertz CT molecular complexity index is 908. The van der Waals surface area contributed by atoms with Crippen molar-refractivity contribution in [3.05, 3.63) is 51.1 Å². The van der Waals surface area contributed by atoms with Gasteiger partial charge in [-0.05, 0) is 52.8 Å². The summed E-state index contributed by atoms with van der Waals surface area (Å²) in [6.45, 7) is -0.0999. The second-order valence-corrected chi connectivity index (χ2v) is 7.70. The van der Waals surface area contributed by atoms with Gasteiger partial charge in [-0.15, -0.1) is 0 Å². The van der Waals surface area contributed by atoms with E-state index in [1.54, 1.807) is 12.1 Å². The van der Waals surface area contributed by atoms with Gasteiger partial charge < -0.3 is 4.90 Å². The zero-order chi connectivity index (χ0) is 18.5. The van der Waals surface area contributed by atoms with Crippen molar-refractivity contribution < 1.29 is 18.4 Å². The van der Waals surface area contributed by atoms with Crippen molar-refractivity contribution in [2.45, 2.75) is 18.0 Å². The summed E-state index contributed by atoms with van der Waals surface area (Å²) in [4.78, 5) is 33.6. The largest absolute Gasteiger partial charge is 0.328 e. The van der Waals surface area contributed by atoms with E-state index in [0.29, 0.717) is 12.0 Å². The van der Waals surface area contributed by atoms with Gasteiger partial charge in [-0.2, -0.15) is 0 Å². The Morgan fingerprint density at radius 2 is 2.08 bits per heavy atom. The van der Waals surface area contributed by atoms with Crippen LogP contribution >= 0.6 is 22.6 Å². The van der Waals surface area contributed by atoms with Gasteiger partial charge in [0.15, 0.2) is 5.82 Å². The van der Waals surface area contributed by atoms with E-state index in [0.717, 1.165) is 21.5 Å². The van der Waals surface area contributed by atoms with E-state index in [-0.39, 0.29) is 24.9 Å². The number of hydrogen-bond acceptors (Lipinski definition) is 4. The molecule has 9 heteroatoms. The molecule has 134 valence electrons. The van der Waals surface area contributed by atoms with Crippen LogP contribution in [0.4, 0.5) is 14.7 Å². The first-order chi connectivity index (χ1) is 12.4. The fourth-order valence-electron chi connectivity index (χ4n) is 3.33. The van der Waals surface area contributed by atoms with Crippen molar-refractivity contribution in [1.82, 2.24) is 14.9 Å². The first-order valence-electron chi connectivity index (χ1n) is 7.90. The maximum absolute atomic E-state index is 14.2. The van der Waals surface area contributed by atoms with E-state index in [1.165, 1.54) is 4.90 Å². The molecule has 1 aliphatic carbocycles. The second-order valence-electron chi connectivity index (χ2n) is 6.45. The molecule has 0 unspecified atom stereocenters. The Balaban J connectivity index is 1.54. The highest BCUT2D eigenvalue weighted by atomic mass is 127. The number of amides is 2. The van der Waals surface area contributed by atoms with Gasteiger partial charge in [-0.3, -0.25) is 14.9 Å². The molecule has 1 N–H and O–H groups in total. The predicted octanol–water partition coefficient (Wildman–Crippen LogP) is 2.29. The quantitative estimate of drug-likeness (QED) is 0.699. The van der Waals surface area contributed by atoms with Crippen molar-refractivity contribution in [2.75, 3.05) is 18.4 Å². The maximum atomic E-state index is 14.2. The van der Waals surface area contributed by atoms with Gasteiger partial charge in [0.05, 0.1) is 12.4 Å². The molecule has 1 aliphatic heterocycles. The smallest absolute Gasteiger partial charge is 0.254 e. The van der Waals surface area contributed by atoms with Gasteiger partial charge in [0.2, 0.25) is 11.9 Å². The Kier molecular flexibility index (Phi) is 4.13. The molecule has 2 amide bonds. The number of hydrogen-bond donors (Lipinski definition) is 1. The molecule has 1 spiro atoms. The second kappa shape index (κ2) is 6.22. The number of alkyl halides is 1. The molecular formula is C17H13F2IN4O2. The topological polar surface area (TPSA) is 75.2 Å². The lowest BCUT2D eigenvalue weighted by Gasteiger charge is -2.34.